The Balaban J connectivity index is 3.18. The molecule has 0 aliphatic rings. The van der Waals surface area contributed by atoms with Gasteiger partial charge in [-0.25, -0.2) is 4.79 Å². The molecule has 0 saturated heterocycles. The minimum atomic E-state index is -4.50. The van der Waals surface area contributed by atoms with E-state index in [-0.39, 0.29) is 11.6 Å². The Kier molecular flexibility index (Phi) is 2.83. The molecule has 0 aliphatic carbocycles. The molecule has 0 atom stereocenters. The average Bonchev–Trinajstić information content (AvgIpc) is 2.07. The lowest BCUT2D eigenvalue weighted by Gasteiger charge is -2.00. The monoisotopic (exact) mass is 220 g/mol. The van der Waals surface area contributed by atoms with E-state index in [0.717, 1.165) is 6.20 Å². The lowest BCUT2D eigenvalue weighted by molar-refractivity contribution is -0.0792. The molecule has 0 unspecified atom stereocenters. The van der Waals surface area contributed by atoms with Gasteiger partial charge in [0.15, 0.2) is 0 Å². The number of H-pyrrole nitrogens is 1. The van der Waals surface area contributed by atoms with Crippen molar-refractivity contribution in [2.45, 2.75) is 13.1 Å². The fraction of sp³-hybridized carbons (Fsp3) is 0.250. The molecule has 0 bridgehead atoms. The molecule has 15 heavy (non-hydrogen) atoms. The molecule has 1 aromatic rings. The van der Waals surface area contributed by atoms with Crippen molar-refractivity contribution in [1.82, 2.24) is 9.55 Å². The number of aryl methyl sites for hydroxylation is 1. The Morgan fingerprint density at radius 3 is 2.53 bits per heavy atom. The molecule has 4 nitrogen and oxygen atoms in total. The number of hydrogen-bond donors (Lipinski definition) is 1. The lowest BCUT2D eigenvalue weighted by atomic mass is 10.4. The fourth-order valence-electron chi connectivity index (χ4n) is 0.862. The third kappa shape index (κ3) is 3.12. The summed E-state index contributed by atoms with van der Waals surface area (Å²) >= 11 is 0. The first-order valence-electron chi connectivity index (χ1n) is 3.88. The summed E-state index contributed by atoms with van der Waals surface area (Å²) in [5, 5.41) is 0. The van der Waals surface area contributed by atoms with Crippen LogP contribution in [0.3, 0.4) is 0 Å². The summed E-state index contributed by atoms with van der Waals surface area (Å²) in [7, 11) is 0. The van der Waals surface area contributed by atoms with Crippen LogP contribution in [0.25, 0.3) is 6.20 Å². The average molecular weight is 220 g/mol. The van der Waals surface area contributed by atoms with Crippen molar-refractivity contribution in [2.75, 3.05) is 0 Å². The number of nitrogens with zero attached hydrogens (tertiary/aromatic N) is 1. The van der Waals surface area contributed by atoms with Crippen molar-refractivity contribution in [2.24, 2.45) is 0 Å². The second-order valence-corrected chi connectivity index (χ2v) is 2.84. The Labute approximate surface area is 81.7 Å². The van der Waals surface area contributed by atoms with Crippen LogP contribution in [0.5, 0.6) is 0 Å². The maximum atomic E-state index is 11.8. The topological polar surface area (TPSA) is 54.9 Å². The highest BCUT2D eigenvalue weighted by Gasteiger charge is 2.22. The molecular weight excluding hydrogens is 213 g/mol. The van der Waals surface area contributed by atoms with Crippen molar-refractivity contribution in [1.29, 1.82) is 0 Å². The van der Waals surface area contributed by atoms with Gasteiger partial charge < -0.3 is 0 Å². The van der Waals surface area contributed by atoms with Gasteiger partial charge in [-0.15, -0.1) is 0 Å². The Hall–Kier alpha value is -1.79. The number of aromatic amines is 1. The molecule has 0 fully saturated rings. The number of halogens is 3. The largest absolute Gasteiger partial charge is 0.411 e. The maximum absolute atomic E-state index is 11.8. The molecule has 1 N–H and O–H groups in total. The van der Waals surface area contributed by atoms with Gasteiger partial charge in [0.1, 0.15) is 0 Å². The molecule has 1 heterocycles. The molecule has 0 radical (unpaired) electrons. The summed E-state index contributed by atoms with van der Waals surface area (Å²) in [6, 6.07) is 0. The van der Waals surface area contributed by atoms with E-state index in [1.165, 1.54) is 6.92 Å². The van der Waals surface area contributed by atoms with Gasteiger partial charge in [-0.2, -0.15) is 13.2 Å². The first-order valence-corrected chi connectivity index (χ1v) is 3.88. The minimum absolute atomic E-state index is 0.0911. The molecule has 0 saturated carbocycles. The summed E-state index contributed by atoms with van der Waals surface area (Å²) in [5.41, 5.74) is -1.37. The Morgan fingerprint density at radius 1 is 1.40 bits per heavy atom. The first kappa shape index (κ1) is 11.3. The highest BCUT2D eigenvalue weighted by Crippen LogP contribution is 2.15. The van der Waals surface area contributed by atoms with E-state index in [0.29, 0.717) is 10.8 Å². The Bertz CT molecular complexity index is 496. The Morgan fingerprint density at radius 2 is 2.00 bits per heavy atom. The van der Waals surface area contributed by atoms with Crippen LogP contribution < -0.4 is 11.2 Å². The predicted molar refractivity (Wildman–Crippen MR) is 47.4 cm³/mol. The van der Waals surface area contributed by atoms with Crippen LogP contribution >= 0.6 is 0 Å². The normalized spacial score (nSPS) is 12.3. The van der Waals surface area contributed by atoms with Gasteiger partial charge in [-0.05, 0) is 6.92 Å². The second kappa shape index (κ2) is 3.76. The number of allylic oxidation sites excluding steroid dienone is 1. The van der Waals surface area contributed by atoms with Crippen molar-refractivity contribution in [3.8, 4) is 0 Å². The summed E-state index contributed by atoms with van der Waals surface area (Å²) < 4.78 is 36.0. The minimum Gasteiger partial charge on any atom is -0.276 e. The number of hydrogen-bond acceptors (Lipinski definition) is 2. The van der Waals surface area contributed by atoms with Gasteiger partial charge in [0.25, 0.3) is 5.56 Å². The zero-order valence-electron chi connectivity index (χ0n) is 7.63. The lowest BCUT2D eigenvalue weighted by Crippen LogP contribution is -2.28. The van der Waals surface area contributed by atoms with Crippen LogP contribution in [0.2, 0.25) is 0 Å². The summed E-state index contributed by atoms with van der Waals surface area (Å²) in [6.07, 6.45) is -3.01. The van der Waals surface area contributed by atoms with Crippen LogP contribution in [-0.4, -0.2) is 15.7 Å². The van der Waals surface area contributed by atoms with Crippen molar-refractivity contribution in [3.63, 3.8) is 0 Å². The first-order chi connectivity index (χ1) is 6.79. The third-order valence-corrected chi connectivity index (χ3v) is 1.57. The van der Waals surface area contributed by atoms with Crippen LogP contribution in [-0.2, 0) is 0 Å². The maximum Gasteiger partial charge on any atom is 0.411 e. The smallest absolute Gasteiger partial charge is 0.276 e. The molecule has 0 aliphatic heterocycles. The van der Waals surface area contributed by atoms with Gasteiger partial charge >= 0.3 is 11.9 Å². The highest BCUT2D eigenvalue weighted by atomic mass is 19.4. The van der Waals surface area contributed by atoms with E-state index in [1.54, 1.807) is 0 Å². The molecule has 0 spiro atoms. The van der Waals surface area contributed by atoms with Gasteiger partial charge in [-0.3, -0.25) is 14.3 Å². The van der Waals surface area contributed by atoms with Crippen LogP contribution in [0, 0.1) is 6.92 Å². The number of alkyl halides is 3. The third-order valence-electron chi connectivity index (χ3n) is 1.57. The molecule has 82 valence electrons. The standard InChI is InChI=1S/C8H7F3N2O2/c1-5-4-13(3-2-8(9,10)11)7(15)12-6(5)14/h2-4H,1H3,(H,12,14,15)/b3-2+. The van der Waals surface area contributed by atoms with Gasteiger partial charge in [-0.1, -0.05) is 0 Å². The van der Waals surface area contributed by atoms with Gasteiger partial charge in [0.2, 0.25) is 0 Å². The quantitative estimate of drug-likeness (QED) is 0.763. The number of nitrogens with one attached hydrogen (secondary N) is 1. The van der Waals surface area contributed by atoms with Crippen LogP contribution in [0.1, 0.15) is 5.56 Å². The molecule has 7 heteroatoms. The highest BCUT2D eigenvalue weighted by molar-refractivity contribution is 5.24. The van der Waals surface area contributed by atoms with Crippen molar-refractivity contribution < 1.29 is 13.2 Å². The van der Waals surface area contributed by atoms with Crippen molar-refractivity contribution >= 4 is 6.20 Å². The SMILES string of the molecule is Cc1cn(/C=C/C(F)(F)F)c(=O)[nH]c1=O. The van der Waals surface area contributed by atoms with E-state index < -0.39 is 17.4 Å². The number of rotatable bonds is 1. The van der Waals surface area contributed by atoms with E-state index in [4.69, 9.17) is 0 Å². The van der Waals surface area contributed by atoms with Crippen LogP contribution in [0.4, 0.5) is 13.2 Å². The van der Waals surface area contributed by atoms with E-state index >= 15 is 0 Å². The molecule has 1 aromatic heterocycles. The van der Waals surface area contributed by atoms with Gasteiger partial charge in [0.05, 0.1) is 0 Å². The predicted octanol–water partition coefficient (Wildman–Crippen LogP) is 0.878. The molecule has 0 aromatic carbocycles. The second-order valence-electron chi connectivity index (χ2n) is 2.84. The van der Waals surface area contributed by atoms with Gasteiger partial charge in [0, 0.05) is 24.0 Å². The molecule has 0 amide bonds. The zero-order chi connectivity index (χ0) is 11.6. The number of aromatic nitrogens is 2. The van der Waals surface area contributed by atoms with E-state index in [2.05, 4.69) is 0 Å². The zero-order valence-corrected chi connectivity index (χ0v) is 7.63. The summed E-state index contributed by atoms with van der Waals surface area (Å²) in [4.78, 5) is 23.8. The van der Waals surface area contributed by atoms with E-state index in [9.17, 15) is 22.8 Å². The summed E-state index contributed by atoms with van der Waals surface area (Å²) in [5.74, 6) is 0. The fourth-order valence-corrected chi connectivity index (χ4v) is 0.862. The van der Waals surface area contributed by atoms with Crippen molar-refractivity contribution in [3.05, 3.63) is 38.7 Å². The molecular formula is C8H7F3N2O2. The summed E-state index contributed by atoms with van der Waals surface area (Å²) in [6.45, 7) is 1.39. The molecule has 1 rings (SSSR count). The van der Waals surface area contributed by atoms with E-state index in [1.807, 2.05) is 4.98 Å². The van der Waals surface area contributed by atoms with Crippen LogP contribution in [0.15, 0.2) is 21.9 Å².